The van der Waals surface area contributed by atoms with Crippen molar-refractivity contribution in [1.29, 1.82) is 0 Å². The molecular weight excluding hydrogens is 292 g/mol. The van der Waals surface area contributed by atoms with Crippen LogP contribution in [-0.4, -0.2) is 6.61 Å². The summed E-state index contributed by atoms with van der Waals surface area (Å²) in [5.74, 6) is 1.94. The molecule has 0 heterocycles. The summed E-state index contributed by atoms with van der Waals surface area (Å²) in [6.07, 6.45) is 17.0. The maximum absolute atomic E-state index is 5.85. The Bertz CT molecular complexity index is 471. The molecule has 0 bridgehead atoms. The zero-order valence-electron chi connectivity index (χ0n) is 15.9. The van der Waals surface area contributed by atoms with Crippen molar-refractivity contribution in [2.45, 2.75) is 84.5 Å². The third-order valence-electron chi connectivity index (χ3n) is 5.23. The van der Waals surface area contributed by atoms with Gasteiger partial charge in [0.25, 0.3) is 0 Å². The second-order valence-electron chi connectivity index (χ2n) is 7.30. The quantitative estimate of drug-likeness (QED) is 0.384. The Labute approximate surface area is 149 Å². The summed E-state index contributed by atoms with van der Waals surface area (Å²) in [4.78, 5) is 0. The molecule has 0 spiro atoms. The molecule has 1 aromatic carbocycles. The van der Waals surface area contributed by atoms with Crippen LogP contribution in [0.2, 0.25) is 0 Å². The van der Waals surface area contributed by atoms with E-state index in [4.69, 9.17) is 4.74 Å². The fourth-order valence-corrected chi connectivity index (χ4v) is 3.58. The number of rotatable bonds is 11. The van der Waals surface area contributed by atoms with Gasteiger partial charge >= 0.3 is 0 Å². The van der Waals surface area contributed by atoms with Crippen molar-refractivity contribution in [2.75, 3.05) is 6.61 Å². The van der Waals surface area contributed by atoms with Crippen LogP contribution in [0.3, 0.4) is 0 Å². The molecule has 1 aromatic rings. The smallest absolute Gasteiger partial charge is 0.119 e. The number of allylic oxidation sites excluding steroid dienone is 2. The van der Waals surface area contributed by atoms with Gasteiger partial charge in [0.2, 0.25) is 0 Å². The van der Waals surface area contributed by atoms with Gasteiger partial charge in [0.15, 0.2) is 0 Å². The van der Waals surface area contributed by atoms with Crippen molar-refractivity contribution in [1.82, 2.24) is 0 Å². The standard InChI is InChI=1S/C23H36O/c1-3-5-7-9-19-24-23-17-15-22(16-18-23)21-13-11-20(12-14-21)10-8-6-4-2/h13,15-18,20H,3-12,14,19H2,1-2H3. The predicted octanol–water partition coefficient (Wildman–Crippen LogP) is 7.41. The molecule has 0 fully saturated rings. The van der Waals surface area contributed by atoms with Gasteiger partial charge in [-0.05, 0) is 54.9 Å². The number of unbranched alkanes of at least 4 members (excludes halogenated alkanes) is 5. The highest BCUT2D eigenvalue weighted by Gasteiger charge is 2.15. The molecule has 2 rings (SSSR count). The minimum atomic E-state index is 0.849. The van der Waals surface area contributed by atoms with Gasteiger partial charge in [0.05, 0.1) is 6.61 Å². The van der Waals surface area contributed by atoms with Crippen LogP contribution < -0.4 is 4.74 Å². The third kappa shape index (κ3) is 6.71. The first-order valence-corrected chi connectivity index (χ1v) is 10.3. The van der Waals surface area contributed by atoms with E-state index in [2.05, 4.69) is 44.2 Å². The Morgan fingerprint density at radius 1 is 0.917 bits per heavy atom. The Balaban J connectivity index is 1.74. The SMILES string of the molecule is CCCCCCOc1ccc(C2=CCC(CCCCC)CC2)cc1. The minimum Gasteiger partial charge on any atom is -0.494 e. The molecule has 0 N–H and O–H groups in total. The van der Waals surface area contributed by atoms with Gasteiger partial charge in [0, 0.05) is 0 Å². The summed E-state index contributed by atoms with van der Waals surface area (Å²) < 4.78 is 5.85. The first kappa shape index (κ1) is 19.1. The maximum atomic E-state index is 5.85. The summed E-state index contributed by atoms with van der Waals surface area (Å²) in [5.41, 5.74) is 2.93. The first-order valence-electron chi connectivity index (χ1n) is 10.3. The van der Waals surface area contributed by atoms with E-state index in [1.54, 1.807) is 0 Å². The largest absolute Gasteiger partial charge is 0.494 e. The average molecular weight is 329 g/mol. The molecule has 24 heavy (non-hydrogen) atoms. The van der Waals surface area contributed by atoms with Crippen LogP contribution in [0.1, 0.15) is 90.0 Å². The van der Waals surface area contributed by atoms with Crippen molar-refractivity contribution in [3.63, 3.8) is 0 Å². The number of ether oxygens (including phenoxy) is 1. The highest BCUT2D eigenvalue weighted by Crippen LogP contribution is 2.33. The van der Waals surface area contributed by atoms with Crippen molar-refractivity contribution in [2.24, 2.45) is 5.92 Å². The summed E-state index contributed by atoms with van der Waals surface area (Å²) in [7, 11) is 0. The fourth-order valence-electron chi connectivity index (χ4n) is 3.58. The van der Waals surface area contributed by atoms with Crippen LogP contribution in [0, 0.1) is 5.92 Å². The topological polar surface area (TPSA) is 9.23 Å². The number of benzene rings is 1. The monoisotopic (exact) mass is 328 g/mol. The Morgan fingerprint density at radius 3 is 2.33 bits per heavy atom. The van der Waals surface area contributed by atoms with Crippen LogP contribution in [0.4, 0.5) is 0 Å². The minimum absolute atomic E-state index is 0.849. The van der Waals surface area contributed by atoms with Gasteiger partial charge in [-0.2, -0.15) is 0 Å². The third-order valence-corrected chi connectivity index (χ3v) is 5.23. The molecule has 0 saturated carbocycles. The summed E-state index contributed by atoms with van der Waals surface area (Å²) in [6, 6.07) is 8.77. The normalized spacial score (nSPS) is 17.6. The molecule has 0 saturated heterocycles. The molecule has 0 radical (unpaired) electrons. The summed E-state index contributed by atoms with van der Waals surface area (Å²) >= 11 is 0. The molecule has 1 nitrogen and oxygen atoms in total. The van der Waals surface area contributed by atoms with E-state index in [1.165, 1.54) is 81.8 Å². The number of hydrogen-bond donors (Lipinski definition) is 0. The molecule has 1 heteroatoms. The Kier molecular flexibility index (Phi) is 9.02. The molecule has 134 valence electrons. The van der Waals surface area contributed by atoms with Crippen LogP contribution >= 0.6 is 0 Å². The molecule has 0 aliphatic heterocycles. The van der Waals surface area contributed by atoms with Crippen molar-refractivity contribution < 1.29 is 4.74 Å². The van der Waals surface area contributed by atoms with Crippen LogP contribution in [0.25, 0.3) is 5.57 Å². The summed E-state index contributed by atoms with van der Waals surface area (Å²) in [5, 5.41) is 0. The lowest BCUT2D eigenvalue weighted by Gasteiger charge is -2.22. The van der Waals surface area contributed by atoms with Gasteiger partial charge in [-0.25, -0.2) is 0 Å². The lowest BCUT2D eigenvalue weighted by Crippen LogP contribution is -2.05. The van der Waals surface area contributed by atoms with Gasteiger partial charge < -0.3 is 4.74 Å². The van der Waals surface area contributed by atoms with Crippen LogP contribution in [-0.2, 0) is 0 Å². The second-order valence-corrected chi connectivity index (χ2v) is 7.30. The van der Waals surface area contributed by atoms with E-state index in [1.807, 2.05) is 0 Å². The van der Waals surface area contributed by atoms with Crippen LogP contribution in [0.5, 0.6) is 5.75 Å². The first-order chi connectivity index (χ1) is 11.8. The summed E-state index contributed by atoms with van der Waals surface area (Å²) in [6.45, 7) is 5.38. The highest BCUT2D eigenvalue weighted by atomic mass is 16.5. The van der Waals surface area contributed by atoms with Gasteiger partial charge in [0.1, 0.15) is 5.75 Å². The Hall–Kier alpha value is -1.24. The van der Waals surface area contributed by atoms with E-state index < -0.39 is 0 Å². The molecule has 1 aliphatic carbocycles. The molecule has 0 amide bonds. The fraction of sp³-hybridized carbons (Fsp3) is 0.652. The molecule has 1 atom stereocenters. The zero-order valence-corrected chi connectivity index (χ0v) is 15.9. The van der Waals surface area contributed by atoms with Crippen molar-refractivity contribution in [3.8, 4) is 5.75 Å². The van der Waals surface area contributed by atoms with E-state index in [-0.39, 0.29) is 0 Å². The number of hydrogen-bond acceptors (Lipinski definition) is 1. The zero-order chi connectivity index (χ0) is 17.0. The second kappa shape index (κ2) is 11.3. The van der Waals surface area contributed by atoms with E-state index in [9.17, 15) is 0 Å². The van der Waals surface area contributed by atoms with E-state index in [0.717, 1.165) is 18.3 Å². The predicted molar refractivity (Wildman–Crippen MR) is 106 cm³/mol. The van der Waals surface area contributed by atoms with E-state index in [0.29, 0.717) is 0 Å². The van der Waals surface area contributed by atoms with Crippen molar-refractivity contribution in [3.05, 3.63) is 35.9 Å². The lowest BCUT2D eigenvalue weighted by atomic mass is 9.84. The molecule has 1 aliphatic rings. The average Bonchev–Trinajstić information content (AvgIpc) is 2.63. The highest BCUT2D eigenvalue weighted by molar-refractivity contribution is 5.66. The Morgan fingerprint density at radius 2 is 1.67 bits per heavy atom. The van der Waals surface area contributed by atoms with Gasteiger partial charge in [-0.3, -0.25) is 0 Å². The van der Waals surface area contributed by atoms with Crippen LogP contribution in [0.15, 0.2) is 30.3 Å². The molecular formula is C23H36O. The maximum Gasteiger partial charge on any atom is 0.119 e. The van der Waals surface area contributed by atoms with Crippen molar-refractivity contribution >= 4 is 5.57 Å². The molecule has 1 unspecified atom stereocenters. The lowest BCUT2D eigenvalue weighted by molar-refractivity contribution is 0.305. The van der Waals surface area contributed by atoms with Gasteiger partial charge in [-0.1, -0.05) is 77.0 Å². The molecule has 0 aromatic heterocycles. The van der Waals surface area contributed by atoms with E-state index >= 15 is 0 Å². The van der Waals surface area contributed by atoms with Gasteiger partial charge in [-0.15, -0.1) is 0 Å².